The van der Waals surface area contributed by atoms with Gasteiger partial charge in [0, 0.05) is 0 Å². The molecule has 0 aromatic rings. The molecule has 1 aliphatic rings. The molecule has 4 nitrogen and oxygen atoms in total. The fraction of sp³-hybridized carbons (Fsp3) is 1.00. The van der Waals surface area contributed by atoms with Crippen molar-refractivity contribution in [3.8, 4) is 0 Å². The summed E-state index contributed by atoms with van der Waals surface area (Å²) in [5.74, 6) is 0. The van der Waals surface area contributed by atoms with Crippen molar-refractivity contribution in [2.75, 3.05) is 46.0 Å². The van der Waals surface area contributed by atoms with Crippen molar-refractivity contribution in [3.05, 3.63) is 0 Å². The van der Waals surface area contributed by atoms with E-state index in [1.807, 2.05) is 0 Å². The van der Waals surface area contributed by atoms with E-state index in [0.717, 1.165) is 37.3 Å². The topological polar surface area (TPSA) is 41.5 Å². The number of rotatable bonds is 14. The van der Waals surface area contributed by atoms with Crippen molar-refractivity contribution < 1.29 is 19.4 Å². The maximum absolute atomic E-state index is 10.3. The molecule has 0 aromatic carbocycles. The first-order valence-corrected chi connectivity index (χ1v) is 9.50. The lowest BCUT2D eigenvalue weighted by atomic mass is 10.1. The van der Waals surface area contributed by atoms with Crippen LogP contribution in [0.5, 0.6) is 0 Å². The minimum atomic E-state index is 0.331. The van der Waals surface area contributed by atoms with Gasteiger partial charge in [-0.1, -0.05) is 58.3 Å². The van der Waals surface area contributed by atoms with E-state index in [0.29, 0.717) is 6.61 Å². The highest BCUT2D eigenvalue weighted by Gasteiger charge is 2.29. The third kappa shape index (κ3) is 9.09. The zero-order valence-electron chi connectivity index (χ0n) is 14.7. The van der Waals surface area contributed by atoms with Gasteiger partial charge in [0.1, 0.15) is 19.6 Å². The molecule has 1 saturated heterocycles. The molecule has 132 valence electrons. The van der Waals surface area contributed by atoms with Gasteiger partial charge in [0.15, 0.2) is 0 Å². The summed E-state index contributed by atoms with van der Waals surface area (Å²) in [5.41, 5.74) is 0. The minimum Gasteiger partial charge on any atom is -0.723 e. The molecule has 1 fully saturated rings. The van der Waals surface area contributed by atoms with Crippen molar-refractivity contribution in [2.24, 2.45) is 0 Å². The zero-order valence-corrected chi connectivity index (χ0v) is 14.7. The SMILES string of the molecule is CCCCCCCCCCCC[N+]1(CCO[O-])CCOCC1. The Hall–Kier alpha value is -0.160. The quantitative estimate of drug-likeness (QED) is 0.214. The van der Waals surface area contributed by atoms with Crippen LogP contribution in [0.25, 0.3) is 0 Å². The van der Waals surface area contributed by atoms with Gasteiger partial charge >= 0.3 is 0 Å². The Labute approximate surface area is 137 Å². The third-order valence-corrected chi connectivity index (χ3v) is 5.05. The number of hydrogen-bond donors (Lipinski definition) is 0. The average Bonchev–Trinajstić information content (AvgIpc) is 2.56. The van der Waals surface area contributed by atoms with E-state index in [4.69, 9.17) is 4.74 Å². The van der Waals surface area contributed by atoms with Gasteiger partial charge in [0.05, 0.1) is 26.4 Å². The lowest BCUT2D eigenvalue weighted by Gasteiger charge is -2.41. The second kappa shape index (κ2) is 13.3. The van der Waals surface area contributed by atoms with Gasteiger partial charge in [0.25, 0.3) is 0 Å². The maximum atomic E-state index is 10.3. The van der Waals surface area contributed by atoms with Crippen molar-refractivity contribution in [3.63, 3.8) is 0 Å². The van der Waals surface area contributed by atoms with E-state index in [-0.39, 0.29) is 0 Å². The molecule has 1 aliphatic heterocycles. The van der Waals surface area contributed by atoms with Crippen molar-refractivity contribution in [2.45, 2.75) is 71.1 Å². The predicted octanol–water partition coefficient (Wildman–Crippen LogP) is 3.05. The summed E-state index contributed by atoms with van der Waals surface area (Å²) in [6.07, 6.45) is 13.7. The van der Waals surface area contributed by atoms with Gasteiger partial charge in [0.2, 0.25) is 0 Å². The Morgan fingerprint density at radius 1 is 0.818 bits per heavy atom. The number of morpholine rings is 1. The van der Waals surface area contributed by atoms with Crippen LogP contribution < -0.4 is 5.26 Å². The highest BCUT2D eigenvalue weighted by Crippen LogP contribution is 2.15. The molecule has 0 bridgehead atoms. The van der Waals surface area contributed by atoms with Gasteiger partial charge in [-0.15, -0.1) is 0 Å². The van der Waals surface area contributed by atoms with Crippen molar-refractivity contribution in [1.29, 1.82) is 0 Å². The second-order valence-corrected chi connectivity index (χ2v) is 6.85. The first-order valence-electron chi connectivity index (χ1n) is 9.50. The van der Waals surface area contributed by atoms with Gasteiger partial charge in [-0.25, -0.2) is 0 Å². The Balaban J connectivity index is 2.01. The monoisotopic (exact) mass is 315 g/mol. The largest absolute Gasteiger partial charge is 0.723 e. The van der Waals surface area contributed by atoms with Crippen LogP contribution in [0.2, 0.25) is 0 Å². The summed E-state index contributed by atoms with van der Waals surface area (Å²) in [5, 5.41) is 10.3. The summed E-state index contributed by atoms with van der Waals surface area (Å²) >= 11 is 0. The summed E-state index contributed by atoms with van der Waals surface area (Å²) < 4.78 is 6.50. The number of hydrogen-bond acceptors (Lipinski definition) is 3. The van der Waals surface area contributed by atoms with E-state index in [9.17, 15) is 5.26 Å². The van der Waals surface area contributed by atoms with Crippen LogP contribution in [-0.2, 0) is 9.62 Å². The number of unbranched alkanes of at least 4 members (excludes halogenated alkanes) is 9. The second-order valence-electron chi connectivity index (χ2n) is 6.85. The Kier molecular flexibility index (Phi) is 12.0. The van der Waals surface area contributed by atoms with Crippen LogP contribution in [-0.4, -0.2) is 50.5 Å². The maximum Gasteiger partial charge on any atom is 0.103 e. The standard InChI is InChI=1S/C18H37NO3/c1-2-3-4-5-6-7-8-9-10-11-12-19(15-18-22-20)13-16-21-17-14-19/h2-18H2,1H3. The Bertz CT molecular complexity index is 242. The molecular formula is C18H37NO3. The first-order chi connectivity index (χ1) is 10.8. The van der Waals surface area contributed by atoms with Crippen molar-refractivity contribution in [1.82, 2.24) is 0 Å². The van der Waals surface area contributed by atoms with Crippen LogP contribution in [0.1, 0.15) is 71.1 Å². The van der Waals surface area contributed by atoms with Gasteiger partial charge in [-0.3, -0.25) is 0 Å². The molecule has 0 aliphatic carbocycles. The Morgan fingerprint density at radius 3 is 1.91 bits per heavy atom. The van der Waals surface area contributed by atoms with Crippen LogP contribution in [0, 0.1) is 0 Å². The van der Waals surface area contributed by atoms with Crippen LogP contribution >= 0.6 is 0 Å². The van der Waals surface area contributed by atoms with Gasteiger partial charge in [-0.2, -0.15) is 0 Å². The summed E-state index contributed by atoms with van der Waals surface area (Å²) in [6.45, 7) is 8.38. The van der Waals surface area contributed by atoms with Gasteiger partial charge < -0.3 is 19.4 Å². The fourth-order valence-electron chi connectivity index (χ4n) is 3.45. The van der Waals surface area contributed by atoms with Crippen molar-refractivity contribution >= 4 is 0 Å². The van der Waals surface area contributed by atoms with E-state index >= 15 is 0 Å². The molecule has 0 spiro atoms. The molecule has 0 radical (unpaired) electrons. The van der Waals surface area contributed by atoms with E-state index < -0.39 is 0 Å². The number of ether oxygens (including phenoxy) is 1. The predicted molar refractivity (Wildman–Crippen MR) is 88.3 cm³/mol. The number of nitrogens with zero attached hydrogens (tertiary/aromatic N) is 1. The van der Waals surface area contributed by atoms with E-state index in [1.54, 1.807) is 0 Å². The molecule has 1 rings (SSSR count). The molecule has 0 unspecified atom stereocenters. The molecule has 22 heavy (non-hydrogen) atoms. The minimum absolute atomic E-state index is 0.331. The molecule has 1 heterocycles. The summed E-state index contributed by atoms with van der Waals surface area (Å²) in [7, 11) is 0. The highest BCUT2D eigenvalue weighted by atomic mass is 17.1. The highest BCUT2D eigenvalue weighted by molar-refractivity contribution is 4.53. The summed E-state index contributed by atoms with van der Waals surface area (Å²) in [6, 6.07) is 0. The van der Waals surface area contributed by atoms with Crippen LogP contribution in [0.4, 0.5) is 0 Å². The Morgan fingerprint density at radius 2 is 1.36 bits per heavy atom. The smallest absolute Gasteiger partial charge is 0.103 e. The first kappa shape index (κ1) is 19.9. The molecular weight excluding hydrogens is 278 g/mol. The molecule has 0 atom stereocenters. The zero-order chi connectivity index (χ0) is 15.9. The average molecular weight is 315 g/mol. The van der Waals surface area contributed by atoms with Gasteiger partial charge in [-0.05, 0) is 12.8 Å². The van der Waals surface area contributed by atoms with E-state index in [1.165, 1.54) is 70.8 Å². The molecule has 0 amide bonds. The lowest BCUT2D eigenvalue weighted by Crippen LogP contribution is -2.57. The third-order valence-electron chi connectivity index (χ3n) is 5.05. The number of quaternary nitrogens is 1. The fourth-order valence-corrected chi connectivity index (χ4v) is 3.45. The molecule has 0 saturated carbocycles. The van der Waals surface area contributed by atoms with E-state index in [2.05, 4.69) is 11.8 Å². The summed E-state index contributed by atoms with van der Waals surface area (Å²) in [4.78, 5) is 4.06. The van der Waals surface area contributed by atoms with Crippen LogP contribution in [0.3, 0.4) is 0 Å². The lowest BCUT2D eigenvalue weighted by molar-refractivity contribution is -0.939. The molecule has 0 aromatic heterocycles. The molecule has 0 N–H and O–H groups in total. The molecule has 4 heteroatoms. The van der Waals surface area contributed by atoms with Crippen LogP contribution in [0.15, 0.2) is 0 Å². The normalized spacial score (nSPS) is 17.7.